The van der Waals surface area contributed by atoms with Gasteiger partial charge in [0.1, 0.15) is 0 Å². The Bertz CT molecular complexity index is 168. The van der Waals surface area contributed by atoms with Crippen LogP contribution in [0.2, 0.25) is 0 Å². The number of methoxy groups -OCH3 is 1. The number of hydrogen-bond acceptors (Lipinski definition) is 3. The Morgan fingerprint density at radius 2 is 2.38 bits per heavy atom. The van der Waals surface area contributed by atoms with Gasteiger partial charge in [-0.05, 0) is 19.4 Å². The van der Waals surface area contributed by atoms with Crippen LogP contribution in [0.25, 0.3) is 0 Å². The molecule has 0 saturated carbocycles. The average molecular weight is 187 g/mol. The lowest BCUT2D eigenvalue weighted by Crippen LogP contribution is -2.27. The van der Waals surface area contributed by atoms with Crippen molar-refractivity contribution < 1.29 is 14.6 Å². The monoisotopic (exact) mass is 187 g/mol. The van der Waals surface area contributed by atoms with E-state index in [-0.39, 0.29) is 5.91 Å². The van der Waals surface area contributed by atoms with Crippen molar-refractivity contribution in [3.63, 3.8) is 0 Å². The molecule has 0 spiro atoms. The van der Waals surface area contributed by atoms with Gasteiger partial charge >= 0.3 is 0 Å². The number of allylic oxidation sites excluding steroid dienone is 1. The Hall–Kier alpha value is -0.870. The van der Waals surface area contributed by atoms with E-state index in [1.165, 1.54) is 13.2 Å². The predicted molar refractivity (Wildman–Crippen MR) is 50.3 cm³/mol. The number of nitrogens with one attached hydrogen (secondary N) is 1. The minimum atomic E-state index is -0.504. The zero-order chi connectivity index (χ0) is 10.1. The number of rotatable bonds is 6. The summed E-state index contributed by atoms with van der Waals surface area (Å²) in [5, 5.41) is 11.8. The van der Waals surface area contributed by atoms with Crippen molar-refractivity contribution in [3.8, 4) is 0 Å². The third-order valence-corrected chi connectivity index (χ3v) is 1.45. The number of aliphatic hydroxyl groups excluding tert-OH is 1. The molecule has 1 amide bonds. The van der Waals surface area contributed by atoms with Gasteiger partial charge < -0.3 is 15.2 Å². The van der Waals surface area contributed by atoms with Crippen LogP contribution in [-0.4, -0.2) is 37.4 Å². The first-order valence-electron chi connectivity index (χ1n) is 4.28. The van der Waals surface area contributed by atoms with Gasteiger partial charge in [0.2, 0.25) is 5.91 Å². The lowest BCUT2D eigenvalue weighted by Gasteiger charge is -2.08. The molecule has 0 aromatic carbocycles. The van der Waals surface area contributed by atoms with E-state index in [0.29, 0.717) is 19.6 Å². The maximum atomic E-state index is 10.9. The minimum Gasteiger partial charge on any atom is -0.391 e. The summed E-state index contributed by atoms with van der Waals surface area (Å²) in [6.07, 6.45) is 3.12. The number of hydrogen-bond donors (Lipinski definition) is 2. The molecule has 76 valence electrons. The summed E-state index contributed by atoms with van der Waals surface area (Å²) in [7, 11) is 1.53. The highest BCUT2D eigenvalue weighted by Crippen LogP contribution is 1.89. The summed E-state index contributed by atoms with van der Waals surface area (Å²) in [5.74, 6) is -0.132. The van der Waals surface area contributed by atoms with E-state index in [2.05, 4.69) is 5.32 Å². The number of amides is 1. The van der Waals surface area contributed by atoms with Crippen molar-refractivity contribution >= 4 is 5.91 Å². The van der Waals surface area contributed by atoms with Crippen molar-refractivity contribution in [3.05, 3.63) is 12.2 Å². The highest BCUT2D eigenvalue weighted by Gasteiger charge is 2.02. The molecule has 0 heterocycles. The van der Waals surface area contributed by atoms with Gasteiger partial charge in [-0.3, -0.25) is 4.79 Å². The van der Waals surface area contributed by atoms with E-state index < -0.39 is 6.10 Å². The van der Waals surface area contributed by atoms with Gasteiger partial charge in [0.05, 0.1) is 12.7 Å². The SMILES string of the molecule is C/C=C/C(=O)NCCC(O)COC. The number of carbonyl (C=O) groups is 1. The van der Waals surface area contributed by atoms with Gasteiger partial charge in [-0.1, -0.05) is 6.08 Å². The Morgan fingerprint density at radius 3 is 2.92 bits per heavy atom. The van der Waals surface area contributed by atoms with Gasteiger partial charge in [0, 0.05) is 13.7 Å². The molecule has 0 aromatic rings. The van der Waals surface area contributed by atoms with E-state index in [1.54, 1.807) is 13.0 Å². The third-order valence-electron chi connectivity index (χ3n) is 1.45. The maximum absolute atomic E-state index is 10.9. The molecule has 1 atom stereocenters. The number of carbonyl (C=O) groups excluding carboxylic acids is 1. The lowest BCUT2D eigenvalue weighted by molar-refractivity contribution is -0.116. The van der Waals surface area contributed by atoms with Crippen molar-refractivity contribution in [2.75, 3.05) is 20.3 Å². The van der Waals surface area contributed by atoms with Crippen LogP contribution in [0.3, 0.4) is 0 Å². The maximum Gasteiger partial charge on any atom is 0.243 e. The molecule has 0 rings (SSSR count). The molecular formula is C9H17NO3. The third kappa shape index (κ3) is 7.49. The van der Waals surface area contributed by atoms with Crippen molar-refractivity contribution in [1.29, 1.82) is 0 Å². The molecule has 0 aliphatic rings. The average Bonchev–Trinajstić information content (AvgIpc) is 2.05. The van der Waals surface area contributed by atoms with Gasteiger partial charge in [0.15, 0.2) is 0 Å². The summed E-state index contributed by atoms with van der Waals surface area (Å²) >= 11 is 0. The molecule has 2 N–H and O–H groups in total. The van der Waals surface area contributed by atoms with E-state index >= 15 is 0 Å². The summed E-state index contributed by atoms with van der Waals surface area (Å²) < 4.78 is 4.73. The van der Waals surface area contributed by atoms with Crippen molar-refractivity contribution in [2.45, 2.75) is 19.4 Å². The van der Waals surface area contributed by atoms with E-state index in [9.17, 15) is 9.90 Å². The Balaban J connectivity index is 3.39. The first-order chi connectivity index (χ1) is 6.20. The molecule has 0 bridgehead atoms. The Kier molecular flexibility index (Phi) is 7.24. The standard InChI is InChI=1S/C9H17NO3/c1-3-4-9(12)10-6-5-8(11)7-13-2/h3-4,8,11H,5-7H2,1-2H3,(H,10,12)/b4-3+. The Morgan fingerprint density at radius 1 is 1.69 bits per heavy atom. The van der Waals surface area contributed by atoms with Gasteiger partial charge in [-0.2, -0.15) is 0 Å². The first kappa shape index (κ1) is 12.1. The zero-order valence-electron chi connectivity index (χ0n) is 8.12. The molecular weight excluding hydrogens is 170 g/mol. The molecule has 0 saturated heterocycles. The molecule has 13 heavy (non-hydrogen) atoms. The van der Waals surface area contributed by atoms with Gasteiger partial charge in [0.25, 0.3) is 0 Å². The Labute approximate surface area is 78.6 Å². The van der Waals surface area contributed by atoms with Crippen LogP contribution in [0, 0.1) is 0 Å². The molecule has 1 unspecified atom stereocenters. The fourth-order valence-corrected chi connectivity index (χ4v) is 0.848. The van der Waals surface area contributed by atoms with Crippen molar-refractivity contribution in [1.82, 2.24) is 5.32 Å². The highest BCUT2D eigenvalue weighted by atomic mass is 16.5. The molecule has 0 fully saturated rings. The molecule has 0 aliphatic carbocycles. The van der Waals surface area contributed by atoms with Crippen LogP contribution in [0.5, 0.6) is 0 Å². The quantitative estimate of drug-likeness (QED) is 0.579. The van der Waals surface area contributed by atoms with Gasteiger partial charge in [-0.25, -0.2) is 0 Å². The van der Waals surface area contributed by atoms with Crippen LogP contribution >= 0.6 is 0 Å². The molecule has 4 heteroatoms. The van der Waals surface area contributed by atoms with E-state index in [0.717, 1.165) is 0 Å². The summed E-state index contributed by atoms with van der Waals surface area (Å²) in [6.45, 7) is 2.55. The smallest absolute Gasteiger partial charge is 0.243 e. The summed E-state index contributed by atoms with van der Waals surface area (Å²) in [5.41, 5.74) is 0. The first-order valence-corrected chi connectivity index (χ1v) is 4.28. The van der Waals surface area contributed by atoms with Crippen LogP contribution in [-0.2, 0) is 9.53 Å². The topological polar surface area (TPSA) is 58.6 Å². The normalized spacial score (nSPS) is 13.2. The van der Waals surface area contributed by atoms with Crippen LogP contribution in [0.15, 0.2) is 12.2 Å². The van der Waals surface area contributed by atoms with E-state index in [1.807, 2.05) is 0 Å². The second-order valence-corrected chi connectivity index (χ2v) is 2.69. The number of ether oxygens (including phenoxy) is 1. The number of aliphatic hydroxyl groups is 1. The fraction of sp³-hybridized carbons (Fsp3) is 0.667. The molecule has 4 nitrogen and oxygen atoms in total. The van der Waals surface area contributed by atoms with Crippen molar-refractivity contribution in [2.24, 2.45) is 0 Å². The lowest BCUT2D eigenvalue weighted by atomic mass is 10.2. The summed E-state index contributed by atoms with van der Waals surface area (Å²) in [4.78, 5) is 10.9. The summed E-state index contributed by atoms with van der Waals surface area (Å²) in [6, 6.07) is 0. The molecule has 0 aliphatic heterocycles. The minimum absolute atomic E-state index is 0.132. The largest absolute Gasteiger partial charge is 0.391 e. The van der Waals surface area contributed by atoms with Gasteiger partial charge in [-0.15, -0.1) is 0 Å². The van der Waals surface area contributed by atoms with Crippen LogP contribution < -0.4 is 5.32 Å². The zero-order valence-corrected chi connectivity index (χ0v) is 8.12. The second-order valence-electron chi connectivity index (χ2n) is 2.69. The highest BCUT2D eigenvalue weighted by molar-refractivity contribution is 5.87. The van der Waals surface area contributed by atoms with Crippen LogP contribution in [0.1, 0.15) is 13.3 Å². The second kappa shape index (κ2) is 7.76. The predicted octanol–water partition coefficient (Wildman–Crippen LogP) is 0.0761. The van der Waals surface area contributed by atoms with Crippen LogP contribution in [0.4, 0.5) is 0 Å². The van der Waals surface area contributed by atoms with E-state index in [4.69, 9.17) is 4.74 Å². The molecule has 0 aromatic heterocycles. The fourth-order valence-electron chi connectivity index (χ4n) is 0.848. The molecule has 0 radical (unpaired) electrons.